The Morgan fingerprint density at radius 3 is 2.45 bits per heavy atom. The summed E-state index contributed by atoms with van der Waals surface area (Å²) in [5, 5.41) is 11.0. The van der Waals surface area contributed by atoms with Gasteiger partial charge in [0.2, 0.25) is 0 Å². The molecule has 2 aromatic carbocycles. The lowest BCUT2D eigenvalue weighted by atomic mass is 9.77. The van der Waals surface area contributed by atoms with E-state index in [0.29, 0.717) is 17.0 Å². The molecule has 106 valence electrons. The van der Waals surface area contributed by atoms with Gasteiger partial charge in [-0.3, -0.25) is 0 Å². The van der Waals surface area contributed by atoms with Crippen molar-refractivity contribution in [2.45, 2.75) is 31.8 Å². The first kappa shape index (κ1) is 15.0. The first-order valence-electron chi connectivity index (χ1n) is 6.59. The maximum atomic E-state index is 13.3. The van der Waals surface area contributed by atoms with Crippen LogP contribution >= 0.6 is 11.6 Å². The molecule has 0 aliphatic carbocycles. The number of hydrogen-bond acceptors (Lipinski definition) is 1. The summed E-state index contributed by atoms with van der Waals surface area (Å²) in [4.78, 5) is 0. The summed E-state index contributed by atoms with van der Waals surface area (Å²) >= 11 is 6.06. The van der Waals surface area contributed by atoms with Gasteiger partial charge in [-0.1, -0.05) is 55.8 Å². The van der Waals surface area contributed by atoms with E-state index >= 15 is 0 Å². The maximum absolute atomic E-state index is 13.3. The molecule has 3 heteroatoms. The molecule has 0 fully saturated rings. The van der Waals surface area contributed by atoms with E-state index in [1.54, 1.807) is 0 Å². The number of rotatable bonds is 4. The van der Waals surface area contributed by atoms with E-state index in [9.17, 15) is 9.50 Å². The minimum atomic E-state index is -0.649. The molecule has 0 spiro atoms. The maximum Gasteiger partial charge on any atom is 0.123 e. The van der Waals surface area contributed by atoms with Gasteiger partial charge in [0.15, 0.2) is 0 Å². The summed E-state index contributed by atoms with van der Waals surface area (Å²) in [5.74, 6) is -0.339. The average molecular weight is 293 g/mol. The summed E-state index contributed by atoms with van der Waals surface area (Å²) in [7, 11) is 0. The van der Waals surface area contributed by atoms with Crippen molar-refractivity contribution >= 4 is 11.6 Å². The normalized spacial score (nSPS) is 13.2. The van der Waals surface area contributed by atoms with Crippen LogP contribution in [-0.2, 0) is 11.8 Å². The SMILES string of the molecule is CC(C)(c1ccccc1)C(O)Cc1cc(F)ccc1Cl. The van der Waals surface area contributed by atoms with Crippen molar-refractivity contribution in [3.05, 3.63) is 70.5 Å². The van der Waals surface area contributed by atoms with Crippen molar-refractivity contribution in [1.82, 2.24) is 0 Å². The number of aliphatic hydroxyl groups excluding tert-OH is 1. The Labute approximate surface area is 124 Å². The predicted molar refractivity (Wildman–Crippen MR) is 80.6 cm³/mol. The zero-order valence-corrected chi connectivity index (χ0v) is 12.4. The first-order valence-corrected chi connectivity index (χ1v) is 6.96. The van der Waals surface area contributed by atoms with Crippen LogP contribution in [0.3, 0.4) is 0 Å². The highest BCUT2D eigenvalue weighted by Gasteiger charge is 2.30. The number of benzene rings is 2. The topological polar surface area (TPSA) is 20.2 Å². The molecular weight excluding hydrogens is 275 g/mol. The van der Waals surface area contributed by atoms with Crippen molar-refractivity contribution in [2.75, 3.05) is 0 Å². The van der Waals surface area contributed by atoms with Crippen LogP contribution in [0.5, 0.6) is 0 Å². The van der Waals surface area contributed by atoms with Crippen molar-refractivity contribution in [3.63, 3.8) is 0 Å². The molecule has 2 aromatic rings. The van der Waals surface area contributed by atoms with E-state index in [1.807, 2.05) is 44.2 Å². The second-order valence-corrected chi connectivity index (χ2v) is 5.95. The molecule has 0 heterocycles. The molecule has 0 aliphatic heterocycles. The summed E-state index contributed by atoms with van der Waals surface area (Å²) in [6.07, 6.45) is -0.331. The van der Waals surface area contributed by atoms with Gasteiger partial charge in [0, 0.05) is 16.9 Å². The van der Waals surface area contributed by atoms with E-state index < -0.39 is 11.5 Å². The van der Waals surface area contributed by atoms with Crippen LogP contribution in [-0.4, -0.2) is 11.2 Å². The Bertz CT molecular complexity index is 581. The van der Waals surface area contributed by atoms with Gasteiger partial charge in [-0.15, -0.1) is 0 Å². The highest BCUT2D eigenvalue weighted by Crippen LogP contribution is 2.30. The molecule has 0 saturated heterocycles. The minimum absolute atomic E-state index is 0.318. The quantitative estimate of drug-likeness (QED) is 0.888. The van der Waals surface area contributed by atoms with Crippen LogP contribution in [0.15, 0.2) is 48.5 Å². The Morgan fingerprint density at radius 1 is 1.15 bits per heavy atom. The Kier molecular flexibility index (Phi) is 4.46. The fraction of sp³-hybridized carbons (Fsp3) is 0.294. The van der Waals surface area contributed by atoms with Crippen LogP contribution in [0, 0.1) is 5.82 Å². The monoisotopic (exact) mass is 292 g/mol. The number of hydrogen-bond donors (Lipinski definition) is 1. The van der Waals surface area contributed by atoms with Gasteiger partial charge in [0.1, 0.15) is 5.82 Å². The third-order valence-electron chi connectivity index (χ3n) is 3.77. The molecule has 1 nitrogen and oxygen atoms in total. The van der Waals surface area contributed by atoms with Crippen molar-refractivity contribution in [2.24, 2.45) is 0 Å². The van der Waals surface area contributed by atoms with Gasteiger partial charge in [0.25, 0.3) is 0 Å². The third kappa shape index (κ3) is 3.20. The Balaban J connectivity index is 2.23. The van der Waals surface area contributed by atoms with Gasteiger partial charge >= 0.3 is 0 Å². The largest absolute Gasteiger partial charge is 0.392 e. The van der Waals surface area contributed by atoms with Gasteiger partial charge in [0.05, 0.1) is 6.10 Å². The second kappa shape index (κ2) is 5.94. The molecule has 2 rings (SSSR count). The van der Waals surface area contributed by atoms with Crippen LogP contribution in [0.25, 0.3) is 0 Å². The molecule has 20 heavy (non-hydrogen) atoms. The standard InChI is InChI=1S/C17H18ClFO/c1-17(2,13-6-4-3-5-7-13)16(20)11-12-10-14(19)8-9-15(12)18/h3-10,16,20H,11H2,1-2H3. The van der Waals surface area contributed by atoms with Gasteiger partial charge in [-0.05, 0) is 29.3 Å². The summed E-state index contributed by atoms with van der Waals surface area (Å²) < 4.78 is 13.3. The Hall–Kier alpha value is -1.38. The van der Waals surface area contributed by atoms with Gasteiger partial charge in [-0.25, -0.2) is 4.39 Å². The zero-order valence-electron chi connectivity index (χ0n) is 11.6. The van der Waals surface area contributed by atoms with E-state index in [2.05, 4.69) is 0 Å². The number of aliphatic hydroxyl groups is 1. The Morgan fingerprint density at radius 2 is 1.80 bits per heavy atom. The fourth-order valence-corrected chi connectivity index (χ4v) is 2.42. The molecule has 1 atom stereocenters. The van der Waals surface area contributed by atoms with Crippen LogP contribution in [0.2, 0.25) is 5.02 Å². The van der Waals surface area contributed by atoms with Crippen molar-refractivity contribution in [3.8, 4) is 0 Å². The van der Waals surface area contributed by atoms with Crippen molar-refractivity contribution < 1.29 is 9.50 Å². The van der Waals surface area contributed by atoms with E-state index in [0.717, 1.165) is 5.56 Å². The van der Waals surface area contributed by atoms with Gasteiger partial charge in [-0.2, -0.15) is 0 Å². The lowest BCUT2D eigenvalue weighted by Crippen LogP contribution is -2.35. The minimum Gasteiger partial charge on any atom is -0.392 e. The molecule has 0 radical (unpaired) electrons. The first-order chi connectivity index (χ1) is 9.41. The summed E-state index contributed by atoms with van der Waals surface area (Å²) in [6.45, 7) is 3.94. The molecule has 0 bridgehead atoms. The molecular formula is C17H18ClFO. The average Bonchev–Trinajstić information content (AvgIpc) is 2.43. The van der Waals surface area contributed by atoms with E-state index in [-0.39, 0.29) is 5.82 Å². The highest BCUT2D eigenvalue weighted by atomic mass is 35.5. The van der Waals surface area contributed by atoms with Crippen LogP contribution in [0.1, 0.15) is 25.0 Å². The predicted octanol–water partition coefficient (Wildman–Crippen LogP) is 4.36. The van der Waals surface area contributed by atoms with Crippen LogP contribution in [0.4, 0.5) is 4.39 Å². The highest BCUT2D eigenvalue weighted by molar-refractivity contribution is 6.31. The van der Waals surface area contributed by atoms with E-state index in [4.69, 9.17) is 11.6 Å². The summed E-state index contributed by atoms with van der Waals surface area (Å²) in [5.41, 5.74) is 1.24. The third-order valence-corrected chi connectivity index (χ3v) is 4.14. The fourth-order valence-electron chi connectivity index (χ4n) is 2.22. The molecule has 1 N–H and O–H groups in total. The van der Waals surface area contributed by atoms with Crippen molar-refractivity contribution in [1.29, 1.82) is 0 Å². The lowest BCUT2D eigenvalue weighted by Gasteiger charge is -2.31. The smallest absolute Gasteiger partial charge is 0.123 e. The molecule has 0 amide bonds. The molecule has 0 aliphatic rings. The molecule has 0 aromatic heterocycles. The van der Waals surface area contributed by atoms with Crippen LogP contribution < -0.4 is 0 Å². The molecule has 1 unspecified atom stereocenters. The summed E-state index contributed by atoms with van der Waals surface area (Å²) in [6, 6.07) is 14.0. The lowest BCUT2D eigenvalue weighted by molar-refractivity contribution is 0.0999. The number of halogens is 2. The molecule has 0 saturated carbocycles. The zero-order chi connectivity index (χ0) is 14.8. The van der Waals surface area contributed by atoms with Gasteiger partial charge < -0.3 is 5.11 Å². The second-order valence-electron chi connectivity index (χ2n) is 5.54. The van der Waals surface area contributed by atoms with E-state index in [1.165, 1.54) is 18.2 Å².